The van der Waals surface area contributed by atoms with E-state index >= 15 is 0 Å². The highest BCUT2D eigenvalue weighted by molar-refractivity contribution is 6.30. The Kier molecular flexibility index (Phi) is 4.77. The predicted octanol–water partition coefficient (Wildman–Crippen LogP) is 4.19. The number of benzene rings is 2. The van der Waals surface area contributed by atoms with Crippen molar-refractivity contribution in [3.63, 3.8) is 0 Å². The third-order valence-corrected chi connectivity index (χ3v) is 5.40. The summed E-state index contributed by atoms with van der Waals surface area (Å²) in [7, 11) is 0. The molecule has 0 bridgehead atoms. The molecule has 23 heavy (non-hydrogen) atoms. The van der Waals surface area contributed by atoms with Crippen LogP contribution in [0.2, 0.25) is 10.0 Å². The molecule has 1 heterocycles. The lowest BCUT2D eigenvalue weighted by atomic mass is 9.76. The second-order valence-electron chi connectivity index (χ2n) is 6.33. The van der Waals surface area contributed by atoms with Crippen LogP contribution in [0.5, 0.6) is 0 Å². The fourth-order valence-corrected chi connectivity index (χ4v) is 3.75. The average molecular weight is 349 g/mol. The third kappa shape index (κ3) is 3.30. The van der Waals surface area contributed by atoms with Gasteiger partial charge in [0, 0.05) is 21.2 Å². The number of piperidine rings is 1. The van der Waals surface area contributed by atoms with Gasteiger partial charge in [-0.25, -0.2) is 0 Å². The highest BCUT2D eigenvalue weighted by Gasteiger charge is 2.43. The minimum Gasteiger partial charge on any atom is -0.333 e. The SMILES string of the molecule is C[C@@H]1C(=O)[C@@H](C)[C@@H](c2ccc(Cl)cc2)[NH2+][C@@H]1c1ccc(Cl)cc1. The summed E-state index contributed by atoms with van der Waals surface area (Å²) in [5.41, 5.74) is 2.28. The zero-order valence-corrected chi connectivity index (χ0v) is 14.7. The lowest BCUT2D eigenvalue weighted by molar-refractivity contribution is -0.748. The van der Waals surface area contributed by atoms with Gasteiger partial charge in [-0.15, -0.1) is 0 Å². The number of rotatable bonds is 2. The molecule has 0 spiro atoms. The first kappa shape index (κ1) is 16.5. The summed E-state index contributed by atoms with van der Waals surface area (Å²) in [6.07, 6.45) is 0. The zero-order valence-electron chi connectivity index (χ0n) is 13.2. The Bertz CT molecular complexity index is 637. The molecule has 0 saturated carbocycles. The lowest BCUT2D eigenvalue weighted by Gasteiger charge is -2.36. The number of hydrogen-bond donors (Lipinski definition) is 1. The number of carbonyl (C=O) groups is 1. The number of nitrogens with two attached hydrogens (primary N) is 1. The van der Waals surface area contributed by atoms with Crippen molar-refractivity contribution in [2.75, 3.05) is 0 Å². The van der Waals surface area contributed by atoms with Gasteiger partial charge in [-0.1, -0.05) is 47.5 Å². The number of halogens is 2. The fraction of sp³-hybridized carbons (Fsp3) is 0.316. The smallest absolute Gasteiger partial charge is 0.151 e. The Labute approximate surface area is 146 Å². The number of ketones is 1. The molecule has 4 atom stereocenters. The van der Waals surface area contributed by atoms with Gasteiger partial charge in [0.1, 0.15) is 12.1 Å². The topological polar surface area (TPSA) is 33.7 Å². The molecule has 2 aromatic carbocycles. The van der Waals surface area contributed by atoms with E-state index in [0.717, 1.165) is 11.1 Å². The van der Waals surface area contributed by atoms with Gasteiger partial charge >= 0.3 is 0 Å². The van der Waals surface area contributed by atoms with E-state index in [-0.39, 0.29) is 23.9 Å². The van der Waals surface area contributed by atoms with Crippen LogP contribution in [0.4, 0.5) is 0 Å². The lowest BCUT2D eigenvalue weighted by Crippen LogP contribution is -2.91. The van der Waals surface area contributed by atoms with Crippen LogP contribution in [0.15, 0.2) is 48.5 Å². The van der Waals surface area contributed by atoms with Gasteiger partial charge in [-0.3, -0.25) is 4.79 Å². The summed E-state index contributed by atoms with van der Waals surface area (Å²) in [4.78, 5) is 12.8. The maximum absolute atomic E-state index is 12.8. The Hall–Kier alpha value is -1.35. The van der Waals surface area contributed by atoms with Crippen molar-refractivity contribution >= 4 is 29.0 Å². The molecule has 2 aromatic rings. The van der Waals surface area contributed by atoms with E-state index in [1.54, 1.807) is 0 Å². The van der Waals surface area contributed by atoms with Crippen molar-refractivity contribution < 1.29 is 10.1 Å². The predicted molar refractivity (Wildman–Crippen MR) is 93.6 cm³/mol. The van der Waals surface area contributed by atoms with Crippen LogP contribution >= 0.6 is 23.2 Å². The second kappa shape index (κ2) is 6.64. The van der Waals surface area contributed by atoms with E-state index in [4.69, 9.17) is 23.2 Å². The van der Waals surface area contributed by atoms with Crippen molar-refractivity contribution in [3.8, 4) is 0 Å². The molecule has 0 unspecified atom stereocenters. The monoisotopic (exact) mass is 348 g/mol. The molecule has 0 amide bonds. The fourth-order valence-electron chi connectivity index (χ4n) is 3.49. The molecule has 1 aliphatic rings. The molecular weight excluding hydrogens is 329 g/mol. The largest absolute Gasteiger partial charge is 0.333 e. The Morgan fingerprint density at radius 1 is 0.739 bits per heavy atom. The number of carbonyl (C=O) groups excluding carboxylic acids is 1. The second-order valence-corrected chi connectivity index (χ2v) is 7.20. The van der Waals surface area contributed by atoms with E-state index < -0.39 is 0 Å². The van der Waals surface area contributed by atoms with Gasteiger partial charge in [-0.2, -0.15) is 0 Å². The molecule has 1 aliphatic heterocycles. The third-order valence-electron chi connectivity index (χ3n) is 4.90. The van der Waals surface area contributed by atoms with Crippen molar-refractivity contribution in [2.45, 2.75) is 25.9 Å². The summed E-state index contributed by atoms with van der Waals surface area (Å²) in [6, 6.07) is 15.8. The van der Waals surface area contributed by atoms with E-state index in [2.05, 4.69) is 5.32 Å². The minimum absolute atomic E-state index is 0.0188. The van der Waals surface area contributed by atoms with Crippen LogP contribution in [0.1, 0.15) is 37.1 Å². The highest BCUT2D eigenvalue weighted by atomic mass is 35.5. The zero-order chi connectivity index (χ0) is 16.6. The minimum atomic E-state index is -0.0188. The van der Waals surface area contributed by atoms with Gasteiger partial charge in [0.05, 0.1) is 11.8 Å². The molecule has 1 fully saturated rings. The van der Waals surface area contributed by atoms with E-state index in [1.165, 1.54) is 0 Å². The molecule has 1 saturated heterocycles. The Morgan fingerprint density at radius 3 is 1.43 bits per heavy atom. The Balaban J connectivity index is 1.94. The summed E-state index contributed by atoms with van der Waals surface area (Å²) in [5, 5.41) is 3.74. The van der Waals surface area contributed by atoms with Crippen molar-refractivity contribution in [2.24, 2.45) is 11.8 Å². The molecule has 3 rings (SSSR count). The van der Waals surface area contributed by atoms with E-state index in [0.29, 0.717) is 15.8 Å². The van der Waals surface area contributed by atoms with Gasteiger partial charge in [0.25, 0.3) is 0 Å². The quantitative estimate of drug-likeness (QED) is 0.866. The molecule has 0 aliphatic carbocycles. The summed E-state index contributed by atoms with van der Waals surface area (Å²) < 4.78 is 0. The molecule has 4 heteroatoms. The van der Waals surface area contributed by atoms with Crippen LogP contribution in [0.3, 0.4) is 0 Å². The maximum atomic E-state index is 12.8. The van der Waals surface area contributed by atoms with E-state index in [1.807, 2.05) is 62.4 Å². The first-order valence-corrected chi connectivity index (χ1v) is 8.62. The molecule has 0 aromatic heterocycles. The van der Waals surface area contributed by atoms with Crippen LogP contribution in [0.25, 0.3) is 0 Å². The first-order valence-electron chi connectivity index (χ1n) is 7.87. The molecular formula is C19H20Cl2NO+. The van der Waals surface area contributed by atoms with Crippen molar-refractivity contribution in [3.05, 3.63) is 69.7 Å². The van der Waals surface area contributed by atoms with Crippen LogP contribution in [-0.2, 0) is 4.79 Å². The highest BCUT2D eigenvalue weighted by Crippen LogP contribution is 2.33. The number of Topliss-reactive ketones (excluding diaryl/α,β-unsaturated/α-hetero) is 1. The standard InChI is InChI=1S/C19H19Cl2NO/c1-11-17(13-3-7-15(20)8-4-13)22-18(12(2)19(11)23)14-5-9-16(21)10-6-14/h3-12,17-18,22H,1-2H3/p+1/t11-,12-,17-,18-/m0/s1. The molecule has 0 radical (unpaired) electrons. The van der Waals surface area contributed by atoms with Gasteiger partial charge < -0.3 is 5.32 Å². The molecule has 120 valence electrons. The van der Waals surface area contributed by atoms with Gasteiger partial charge in [-0.05, 0) is 38.1 Å². The normalized spacial score (nSPS) is 27.9. The van der Waals surface area contributed by atoms with Crippen molar-refractivity contribution in [1.29, 1.82) is 0 Å². The van der Waals surface area contributed by atoms with Crippen LogP contribution in [-0.4, -0.2) is 5.78 Å². The molecule has 2 N–H and O–H groups in total. The van der Waals surface area contributed by atoms with Crippen LogP contribution < -0.4 is 5.32 Å². The summed E-state index contributed by atoms with van der Waals surface area (Å²) in [5.74, 6) is 0.275. The van der Waals surface area contributed by atoms with Gasteiger partial charge in [0.15, 0.2) is 5.78 Å². The maximum Gasteiger partial charge on any atom is 0.151 e. The van der Waals surface area contributed by atoms with Gasteiger partial charge in [0.2, 0.25) is 0 Å². The Morgan fingerprint density at radius 2 is 1.09 bits per heavy atom. The summed E-state index contributed by atoms with van der Waals surface area (Å²) in [6.45, 7) is 4.04. The molecule has 2 nitrogen and oxygen atoms in total. The average Bonchev–Trinajstić information content (AvgIpc) is 2.55. The first-order chi connectivity index (χ1) is 11.0. The van der Waals surface area contributed by atoms with Crippen molar-refractivity contribution in [1.82, 2.24) is 0 Å². The van der Waals surface area contributed by atoms with E-state index in [9.17, 15) is 4.79 Å². The van der Waals surface area contributed by atoms with Crippen LogP contribution in [0, 0.1) is 11.8 Å². The number of quaternary nitrogens is 1. The number of hydrogen-bond acceptors (Lipinski definition) is 1. The summed E-state index contributed by atoms with van der Waals surface area (Å²) >= 11 is 12.0.